The maximum absolute atomic E-state index is 12.5. The Bertz CT molecular complexity index is 1090. The van der Waals surface area contributed by atoms with E-state index in [1.807, 2.05) is 61.3 Å². The fourth-order valence-electron chi connectivity index (χ4n) is 2.79. The number of amides is 1. The minimum absolute atomic E-state index is 0.237. The van der Waals surface area contributed by atoms with E-state index in [2.05, 4.69) is 25.5 Å². The molecule has 0 atom stereocenters. The maximum atomic E-state index is 12.5. The van der Waals surface area contributed by atoms with Gasteiger partial charge in [-0.2, -0.15) is 5.10 Å². The Hall–Kier alpha value is -3.74. The molecule has 0 aliphatic carbocycles. The zero-order valence-electron chi connectivity index (χ0n) is 15.0. The number of nitrogens with one attached hydrogen (secondary N) is 2. The first kappa shape index (κ1) is 16.7. The summed E-state index contributed by atoms with van der Waals surface area (Å²) in [6, 6.07) is 15.3. The van der Waals surface area contributed by atoms with Gasteiger partial charge in [0.1, 0.15) is 5.82 Å². The highest BCUT2D eigenvalue weighted by Crippen LogP contribution is 2.22. The Morgan fingerprint density at radius 3 is 2.63 bits per heavy atom. The molecule has 3 aromatic heterocycles. The highest BCUT2D eigenvalue weighted by molar-refractivity contribution is 6.04. The Balaban J connectivity index is 1.51. The van der Waals surface area contributed by atoms with E-state index in [-0.39, 0.29) is 5.91 Å². The number of aromatic amines is 1. The van der Waals surface area contributed by atoms with Crippen molar-refractivity contribution in [2.24, 2.45) is 0 Å². The van der Waals surface area contributed by atoms with Crippen LogP contribution in [0.25, 0.3) is 11.0 Å². The second-order valence-corrected chi connectivity index (χ2v) is 6.20. The maximum Gasteiger partial charge on any atom is 0.257 e. The average Bonchev–Trinajstić information content (AvgIpc) is 3.08. The molecule has 0 unspecified atom stereocenters. The first-order valence-corrected chi connectivity index (χ1v) is 8.49. The van der Waals surface area contributed by atoms with Crippen molar-refractivity contribution in [2.75, 3.05) is 17.3 Å². The van der Waals surface area contributed by atoms with Gasteiger partial charge >= 0.3 is 0 Å². The summed E-state index contributed by atoms with van der Waals surface area (Å²) in [5.74, 6) is 0.522. The van der Waals surface area contributed by atoms with Crippen LogP contribution in [0.4, 0.5) is 17.2 Å². The summed E-state index contributed by atoms with van der Waals surface area (Å²) >= 11 is 0. The number of carbonyl (C=O) groups excluding carboxylic acids is 1. The van der Waals surface area contributed by atoms with Gasteiger partial charge in [0.2, 0.25) is 0 Å². The molecule has 27 heavy (non-hydrogen) atoms. The largest absolute Gasteiger partial charge is 0.329 e. The van der Waals surface area contributed by atoms with E-state index < -0.39 is 0 Å². The summed E-state index contributed by atoms with van der Waals surface area (Å²) in [6.45, 7) is 1.91. The number of anilines is 3. The molecule has 0 bridgehead atoms. The third kappa shape index (κ3) is 3.35. The zero-order valence-corrected chi connectivity index (χ0v) is 15.0. The van der Waals surface area contributed by atoms with Crippen LogP contribution in [0.15, 0.2) is 60.9 Å². The molecule has 0 radical (unpaired) electrons. The first-order valence-electron chi connectivity index (χ1n) is 8.49. The van der Waals surface area contributed by atoms with Crippen molar-refractivity contribution < 1.29 is 4.79 Å². The average molecular weight is 358 g/mol. The Morgan fingerprint density at radius 2 is 1.89 bits per heavy atom. The molecule has 4 aromatic rings. The van der Waals surface area contributed by atoms with Crippen molar-refractivity contribution in [3.05, 3.63) is 72.2 Å². The minimum atomic E-state index is -0.237. The van der Waals surface area contributed by atoms with Gasteiger partial charge in [-0.25, -0.2) is 9.97 Å². The number of benzene rings is 1. The van der Waals surface area contributed by atoms with Crippen LogP contribution in [0.2, 0.25) is 0 Å². The molecule has 0 saturated heterocycles. The fourth-order valence-corrected chi connectivity index (χ4v) is 2.79. The molecule has 0 saturated carbocycles. The smallest absolute Gasteiger partial charge is 0.257 e. The molecule has 7 nitrogen and oxygen atoms in total. The third-order valence-corrected chi connectivity index (χ3v) is 4.36. The van der Waals surface area contributed by atoms with Crippen LogP contribution in [-0.2, 0) is 0 Å². The summed E-state index contributed by atoms with van der Waals surface area (Å²) < 4.78 is 0. The number of fused-ring (bicyclic) bond motifs is 1. The van der Waals surface area contributed by atoms with Crippen molar-refractivity contribution in [2.45, 2.75) is 6.92 Å². The van der Waals surface area contributed by atoms with Crippen LogP contribution in [0.3, 0.4) is 0 Å². The zero-order chi connectivity index (χ0) is 18.8. The molecule has 1 amide bonds. The van der Waals surface area contributed by atoms with E-state index in [9.17, 15) is 4.79 Å². The summed E-state index contributed by atoms with van der Waals surface area (Å²) in [5.41, 5.74) is 3.65. The third-order valence-electron chi connectivity index (χ3n) is 4.36. The van der Waals surface area contributed by atoms with Gasteiger partial charge in [0.05, 0.1) is 17.4 Å². The lowest BCUT2D eigenvalue weighted by Gasteiger charge is -2.18. The lowest BCUT2D eigenvalue weighted by Crippen LogP contribution is -2.14. The van der Waals surface area contributed by atoms with Crippen LogP contribution >= 0.6 is 0 Å². The van der Waals surface area contributed by atoms with Crippen LogP contribution < -0.4 is 10.2 Å². The molecule has 7 heteroatoms. The van der Waals surface area contributed by atoms with Gasteiger partial charge in [0.15, 0.2) is 5.65 Å². The van der Waals surface area contributed by atoms with Crippen LogP contribution in [0.1, 0.15) is 16.1 Å². The van der Waals surface area contributed by atoms with E-state index in [4.69, 9.17) is 0 Å². The van der Waals surface area contributed by atoms with E-state index in [0.717, 1.165) is 22.6 Å². The molecule has 4 rings (SSSR count). The highest BCUT2D eigenvalue weighted by atomic mass is 16.1. The monoisotopic (exact) mass is 358 g/mol. The summed E-state index contributed by atoms with van der Waals surface area (Å²) in [7, 11) is 1.94. The van der Waals surface area contributed by atoms with E-state index in [1.54, 1.807) is 18.5 Å². The number of carbonyl (C=O) groups is 1. The number of nitrogens with zero attached hydrogens (tertiary/aromatic N) is 4. The van der Waals surface area contributed by atoms with Crippen molar-refractivity contribution >= 4 is 34.1 Å². The van der Waals surface area contributed by atoms with Gasteiger partial charge in [0, 0.05) is 30.0 Å². The quantitative estimate of drug-likeness (QED) is 0.581. The molecule has 0 fully saturated rings. The van der Waals surface area contributed by atoms with Crippen LogP contribution in [-0.4, -0.2) is 33.1 Å². The van der Waals surface area contributed by atoms with Gasteiger partial charge < -0.3 is 10.2 Å². The van der Waals surface area contributed by atoms with Gasteiger partial charge in [-0.3, -0.25) is 9.89 Å². The topological polar surface area (TPSA) is 86.8 Å². The molecular formula is C20H18N6O. The van der Waals surface area contributed by atoms with Crippen LogP contribution in [0.5, 0.6) is 0 Å². The van der Waals surface area contributed by atoms with Crippen molar-refractivity contribution in [3.63, 3.8) is 0 Å². The summed E-state index contributed by atoms with van der Waals surface area (Å²) in [4.78, 5) is 23.1. The van der Waals surface area contributed by atoms with Gasteiger partial charge in [0.25, 0.3) is 5.91 Å². The molecule has 1 aromatic carbocycles. The Morgan fingerprint density at radius 1 is 1.07 bits per heavy atom. The lowest BCUT2D eigenvalue weighted by molar-refractivity contribution is 0.102. The number of hydrogen-bond acceptors (Lipinski definition) is 5. The SMILES string of the molecule is Cc1[nH]nc2ncc(NC(=O)c3ccc(N(C)c4ccccc4)nc3)cc12. The van der Waals surface area contributed by atoms with Crippen LogP contribution in [0, 0.1) is 6.92 Å². The van der Waals surface area contributed by atoms with E-state index >= 15 is 0 Å². The van der Waals surface area contributed by atoms with Gasteiger partial charge in [-0.15, -0.1) is 0 Å². The van der Waals surface area contributed by atoms with Crippen molar-refractivity contribution in [1.29, 1.82) is 0 Å². The van der Waals surface area contributed by atoms with Crippen molar-refractivity contribution in [3.8, 4) is 0 Å². The number of aromatic nitrogens is 4. The number of hydrogen-bond donors (Lipinski definition) is 2. The second-order valence-electron chi connectivity index (χ2n) is 6.20. The Labute approximate surface area is 156 Å². The number of H-pyrrole nitrogens is 1. The first-order chi connectivity index (χ1) is 13.1. The lowest BCUT2D eigenvalue weighted by atomic mass is 10.2. The Kier molecular flexibility index (Phi) is 4.25. The van der Waals surface area contributed by atoms with Gasteiger partial charge in [-0.1, -0.05) is 18.2 Å². The summed E-state index contributed by atoms with van der Waals surface area (Å²) in [6.07, 6.45) is 3.16. The van der Waals surface area contributed by atoms with Gasteiger partial charge in [-0.05, 0) is 37.3 Å². The second kappa shape index (κ2) is 6.87. The normalized spacial score (nSPS) is 10.7. The predicted molar refractivity (Wildman–Crippen MR) is 105 cm³/mol. The molecular weight excluding hydrogens is 340 g/mol. The predicted octanol–water partition coefficient (Wildman–Crippen LogP) is 3.68. The molecule has 134 valence electrons. The highest BCUT2D eigenvalue weighted by Gasteiger charge is 2.11. The molecule has 2 N–H and O–H groups in total. The number of para-hydroxylation sites is 1. The standard InChI is InChI=1S/C20H18N6O/c1-13-17-10-15(12-22-19(17)25-24-13)23-20(27)14-8-9-18(21-11-14)26(2)16-6-4-3-5-7-16/h3-12H,1-2H3,(H,23,27)(H,22,24,25). The fraction of sp³-hybridized carbons (Fsp3) is 0.100. The molecule has 0 aliphatic heterocycles. The summed E-state index contributed by atoms with van der Waals surface area (Å²) in [5, 5.41) is 10.7. The molecule has 0 aliphatic rings. The molecule has 3 heterocycles. The molecule has 0 spiro atoms. The number of pyridine rings is 2. The van der Waals surface area contributed by atoms with E-state index in [0.29, 0.717) is 16.9 Å². The number of aryl methyl sites for hydroxylation is 1. The minimum Gasteiger partial charge on any atom is -0.329 e. The number of rotatable bonds is 4. The van der Waals surface area contributed by atoms with Crippen molar-refractivity contribution in [1.82, 2.24) is 20.2 Å². The van der Waals surface area contributed by atoms with E-state index in [1.165, 1.54) is 0 Å².